The van der Waals surface area contributed by atoms with Gasteiger partial charge in [-0.3, -0.25) is 14.6 Å². The van der Waals surface area contributed by atoms with Crippen molar-refractivity contribution in [3.05, 3.63) is 0 Å². The van der Waals surface area contributed by atoms with Crippen LogP contribution in [-0.2, 0) is 14.3 Å². The molecule has 1 unspecified atom stereocenters. The number of rotatable bonds is 7. The Balaban J connectivity index is 1.61. The number of carbonyl (C=O) groups is 1. The average molecular weight is 313 g/mol. The normalized spacial score (nSPS) is 25.3. The monoisotopic (exact) mass is 313 g/mol. The molecular weight excluding hydrogens is 282 g/mol. The third-order valence-electron chi connectivity index (χ3n) is 4.56. The van der Waals surface area contributed by atoms with Crippen LogP contribution in [0.5, 0.6) is 0 Å². The van der Waals surface area contributed by atoms with Crippen LogP contribution in [-0.4, -0.2) is 87.4 Å². The molecule has 2 saturated heterocycles. The maximum atomic E-state index is 11.9. The third kappa shape index (κ3) is 5.83. The van der Waals surface area contributed by atoms with Gasteiger partial charge in [0.1, 0.15) is 0 Å². The molecule has 0 radical (unpaired) electrons. The van der Waals surface area contributed by atoms with E-state index in [-0.39, 0.29) is 5.91 Å². The second kappa shape index (κ2) is 9.45. The number of morpholine rings is 1. The molecule has 6 nitrogen and oxygen atoms in total. The fourth-order valence-electron chi connectivity index (χ4n) is 3.32. The van der Waals surface area contributed by atoms with Gasteiger partial charge >= 0.3 is 0 Å². The van der Waals surface area contributed by atoms with Crippen molar-refractivity contribution in [1.82, 2.24) is 15.1 Å². The maximum Gasteiger partial charge on any atom is 0.234 e. The minimum atomic E-state index is 0.134. The van der Waals surface area contributed by atoms with Crippen LogP contribution in [0.2, 0.25) is 0 Å². The standard InChI is InChI=1S/C16H31N3O3/c1-14-12-19(9-11-22-14)15-4-7-18(8-5-15)13-16(20)17-6-3-10-21-2/h14-15H,3-13H2,1-2H3,(H,17,20). The number of piperidine rings is 1. The molecule has 0 aromatic carbocycles. The van der Waals surface area contributed by atoms with Gasteiger partial charge in [0, 0.05) is 52.5 Å². The second-order valence-corrected chi connectivity index (χ2v) is 6.38. The van der Waals surface area contributed by atoms with Gasteiger partial charge in [-0.05, 0) is 26.2 Å². The smallest absolute Gasteiger partial charge is 0.234 e. The summed E-state index contributed by atoms with van der Waals surface area (Å²) in [4.78, 5) is 16.7. The summed E-state index contributed by atoms with van der Waals surface area (Å²) in [6, 6.07) is 0.660. The maximum absolute atomic E-state index is 11.9. The number of nitrogens with zero attached hydrogens (tertiary/aromatic N) is 2. The van der Waals surface area contributed by atoms with E-state index in [0.717, 1.165) is 52.0 Å². The number of methoxy groups -OCH3 is 1. The highest BCUT2D eigenvalue weighted by molar-refractivity contribution is 5.77. The molecule has 0 saturated carbocycles. The number of likely N-dealkylation sites (tertiary alicyclic amines) is 1. The predicted octanol–water partition coefficient (Wildman–Crippen LogP) is 0.324. The molecular formula is C16H31N3O3. The Morgan fingerprint density at radius 1 is 1.32 bits per heavy atom. The summed E-state index contributed by atoms with van der Waals surface area (Å²) in [7, 11) is 1.68. The van der Waals surface area contributed by atoms with E-state index in [9.17, 15) is 4.79 Å². The van der Waals surface area contributed by atoms with Crippen LogP contribution < -0.4 is 5.32 Å². The van der Waals surface area contributed by atoms with Gasteiger partial charge in [-0.25, -0.2) is 0 Å². The zero-order valence-electron chi connectivity index (χ0n) is 14.1. The van der Waals surface area contributed by atoms with Gasteiger partial charge < -0.3 is 14.8 Å². The summed E-state index contributed by atoms with van der Waals surface area (Å²) in [6.45, 7) is 9.06. The van der Waals surface area contributed by atoms with Crippen molar-refractivity contribution in [3.63, 3.8) is 0 Å². The first-order chi connectivity index (χ1) is 10.7. The number of amides is 1. The predicted molar refractivity (Wildman–Crippen MR) is 86.0 cm³/mol. The zero-order chi connectivity index (χ0) is 15.8. The minimum Gasteiger partial charge on any atom is -0.385 e. The summed E-state index contributed by atoms with van der Waals surface area (Å²) in [5.41, 5.74) is 0. The fraction of sp³-hybridized carbons (Fsp3) is 0.938. The molecule has 0 aliphatic carbocycles. The lowest BCUT2D eigenvalue weighted by Gasteiger charge is -2.41. The summed E-state index contributed by atoms with van der Waals surface area (Å²) < 4.78 is 10.6. The molecule has 0 bridgehead atoms. The summed E-state index contributed by atoms with van der Waals surface area (Å²) in [5, 5.41) is 2.96. The minimum absolute atomic E-state index is 0.134. The molecule has 0 aromatic rings. The highest BCUT2D eigenvalue weighted by atomic mass is 16.5. The van der Waals surface area contributed by atoms with Crippen LogP contribution in [0, 0.1) is 0 Å². The third-order valence-corrected chi connectivity index (χ3v) is 4.56. The summed E-state index contributed by atoms with van der Waals surface area (Å²) in [5.74, 6) is 0.134. The quantitative estimate of drug-likeness (QED) is 0.686. The zero-order valence-corrected chi connectivity index (χ0v) is 14.1. The Morgan fingerprint density at radius 2 is 2.09 bits per heavy atom. The lowest BCUT2D eigenvalue weighted by molar-refractivity contribution is -0.122. The van der Waals surface area contributed by atoms with Crippen LogP contribution in [0.15, 0.2) is 0 Å². The Labute approximate surface area is 134 Å². The highest BCUT2D eigenvalue weighted by Crippen LogP contribution is 2.19. The lowest BCUT2D eigenvalue weighted by atomic mass is 10.0. The van der Waals surface area contributed by atoms with Crippen LogP contribution in [0.3, 0.4) is 0 Å². The van der Waals surface area contributed by atoms with E-state index in [4.69, 9.17) is 9.47 Å². The molecule has 2 rings (SSSR count). The first-order valence-corrected chi connectivity index (χ1v) is 8.52. The molecule has 1 amide bonds. The number of nitrogens with one attached hydrogen (secondary N) is 1. The average Bonchev–Trinajstić information content (AvgIpc) is 2.52. The van der Waals surface area contributed by atoms with Crippen molar-refractivity contribution in [2.24, 2.45) is 0 Å². The lowest BCUT2D eigenvalue weighted by Crippen LogP contribution is -2.52. The van der Waals surface area contributed by atoms with E-state index < -0.39 is 0 Å². The molecule has 22 heavy (non-hydrogen) atoms. The largest absolute Gasteiger partial charge is 0.385 e. The van der Waals surface area contributed by atoms with Gasteiger partial charge in [0.15, 0.2) is 0 Å². The van der Waals surface area contributed by atoms with Crippen LogP contribution in [0.4, 0.5) is 0 Å². The Hall–Kier alpha value is -0.690. The van der Waals surface area contributed by atoms with Crippen molar-refractivity contribution < 1.29 is 14.3 Å². The molecule has 6 heteroatoms. The van der Waals surface area contributed by atoms with E-state index in [2.05, 4.69) is 22.0 Å². The second-order valence-electron chi connectivity index (χ2n) is 6.38. The Morgan fingerprint density at radius 3 is 2.77 bits per heavy atom. The van der Waals surface area contributed by atoms with Crippen LogP contribution in [0.1, 0.15) is 26.2 Å². The molecule has 0 aromatic heterocycles. The molecule has 2 fully saturated rings. The first-order valence-electron chi connectivity index (χ1n) is 8.52. The van der Waals surface area contributed by atoms with Crippen molar-refractivity contribution >= 4 is 5.91 Å². The summed E-state index contributed by atoms with van der Waals surface area (Å²) in [6.07, 6.45) is 3.54. The van der Waals surface area contributed by atoms with Crippen LogP contribution in [0.25, 0.3) is 0 Å². The van der Waals surface area contributed by atoms with Gasteiger partial charge in [-0.2, -0.15) is 0 Å². The fourth-order valence-corrected chi connectivity index (χ4v) is 3.32. The van der Waals surface area contributed by atoms with Gasteiger partial charge in [0.05, 0.1) is 19.3 Å². The van der Waals surface area contributed by atoms with Gasteiger partial charge in [0.2, 0.25) is 5.91 Å². The molecule has 128 valence electrons. The van der Waals surface area contributed by atoms with Crippen molar-refractivity contribution in [1.29, 1.82) is 0 Å². The van der Waals surface area contributed by atoms with E-state index in [1.165, 1.54) is 0 Å². The Kier molecular flexibility index (Phi) is 7.59. The van der Waals surface area contributed by atoms with E-state index in [1.807, 2.05) is 0 Å². The number of ether oxygens (including phenoxy) is 2. The van der Waals surface area contributed by atoms with E-state index in [0.29, 0.717) is 31.8 Å². The molecule has 2 aliphatic rings. The van der Waals surface area contributed by atoms with Crippen LogP contribution >= 0.6 is 0 Å². The van der Waals surface area contributed by atoms with Gasteiger partial charge in [0.25, 0.3) is 0 Å². The van der Waals surface area contributed by atoms with Crippen molar-refractivity contribution in [2.45, 2.75) is 38.3 Å². The van der Waals surface area contributed by atoms with E-state index in [1.54, 1.807) is 7.11 Å². The molecule has 2 heterocycles. The van der Waals surface area contributed by atoms with Crippen molar-refractivity contribution in [3.8, 4) is 0 Å². The number of carbonyl (C=O) groups excluding carboxylic acids is 1. The summed E-state index contributed by atoms with van der Waals surface area (Å²) >= 11 is 0. The molecule has 1 N–H and O–H groups in total. The van der Waals surface area contributed by atoms with Crippen molar-refractivity contribution in [2.75, 3.05) is 59.6 Å². The number of hydrogen-bond acceptors (Lipinski definition) is 5. The molecule has 2 aliphatic heterocycles. The Bertz CT molecular complexity index is 333. The first kappa shape index (κ1) is 17.7. The van der Waals surface area contributed by atoms with Gasteiger partial charge in [-0.15, -0.1) is 0 Å². The highest BCUT2D eigenvalue weighted by Gasteiger charge is 2.28. The SMILES string of the molecule is COCCCNC(=O)CN1CCC(N2CCOC(C)C2)CC1. The van der Waals surface area contributed by atoms with Gasteiger partial charge in [-0.1, -0.05) is 0 Å². The van der Waals surface area contributed by atoms with E-state index >= 15 is 0 Å². The number of hydrogen-bond donors (Lipinski definition) is 1. The molecule has 0 spiro atoms. The molecule has 1 atom stereocenters. The topological polar surface area (TPSA) is 54.0 Å².